The van der Waals surface area contributed by atoms with Crippen LogP contribution in [0.2, 0.25) is 0 Å². The van der Waals surface area contributed by atoms with E-state index in [0.717, 1.165) is 37.3 Å². The molecule has 5 rings (SSSR count). The van der Waals surface area contributed by atoms with Gasteiger partial charge in [0.15, 0.2) is 0 Å². The molecular formula is C22H28N8O2S. The maximum absolute atomic E-state index is 12.4. The zero-order chi connectivity index (χ0) is 22.8. The van der Waals surface area contributed by atoms with Gasteiger partial charge in [0.2, 0.25) is 15.8 Å². The largest absolute Gasteiger partial charge is 0.382 e. The van der Waals surface area contributed by atoms with E-state index in [2.05, 4.69) is 35.3 Å². The molecule has 0 radical (unpaired) electrons. The Hall–Kier alpha value is -3.05. The van der Waals surface area contributed by atoms with Gasteiger partial charge < -0.3 is 10.2 Å². The summed E-state index contributed by atoms with van der Waals surface area (Å²) >= 11 is 0. The lowest BCUT2D eigenvalue weighted by atomic mass is 9.95. The van der Waals surface area contributed by atoms with E-state index in [4.69, 9.17) is 0 Å². The summed E-state index contributed by atoms with van der Waals surface area (Å²) in [6.07, 6.45) is 9.45. The van der Waals surface area contributed by atoms with Crippen LogP contribution in [-0.2, 0) is 10.0 Å². The molecule has 10 nitrogen and oxygen atoms in total. The zero-order valence-electron chi connectivity index (χ0n) is 18.6. The topological polar surface area (TPSA) is 118 Å². The number of pyridine rings is 1. The van der Waals surface area contributed by atoms with Crippen LogP contribution in [0.5, 0.6) is 0 Å². The number of rotatable bonds is 7. The highest BCUT2D eigenvalue weighted by molar-refractivity contribution is 7.89. The first-order valence-electron chi connectivity index (χ1n) is 11.3. The Morgan fingerprint density at radius 2 is 1.91 bits per heavy atom. The van der Waals surface area contributed by atoms with Crippen molar-refractivity contribution in [3.63, 3.8) is 0 Å². The lowest BCUT2D eigenvalue weighted by molar-refractivity contribution is 0.327. The molecule has 1 saturated carbocycles. The predicted molar refractivity (Wildman–Crippen MR) is 125 cm³/mol. The number of nitrogens with zero attached hydrogens (tertiary/aromatic N) is 6. The lowest BCUT2D eigenvalue weighted by Gasteiger charge is -2.39. The fourth-order valence-electron chi connectivity index (χ4n) is 4.43. The minimum atomic E-state index is -3.59. The van der Waals surface area contributed by atoms with Crippen LogP contribution in [0.3, 0.4) is 0 Å². The van der Waals surface area contributed by atoms with Crippen LogP contribution in [0, 0.1) is 0 Å². The molecule has 0 amide bonds. The number of hydrogen-bond acceptors (Lipinski definition) is 8. The molecule has 33 heavy (non-hydrogen) atoms. The van der Waals surface area contributed by atoms with Gasteiger partial charge in [0, 0.05) is 36.6 Å². The van der Waals surface area contributed by atoms with Gasteiger partial charge in [-0.05, 0) is 55.4 Å². The predicted octanol–water partition coefficient (Wildman–Crippen LogP) is 2.45. The second-order valence-electron chi connectivity index (χ2n) is 8.60. The summed E-state index contributed by atoms with van der Waals surface area (Å²) in [5.74, 6) is 0.418. The van der Waals surface area contributed by atoms with Crippen molar-refractivity contribution < 1.29 is 8.42 Å². The quantitative estimate of drug-likeness (QED) is 0.543. The van der Waals surface area contributed by atoms with Crippen molar-refractivity contribution in [3.05, 3.63) is 42.7 Å². The zero-order valence-corrected chi connectivity index (χ0v) is 19.4. The van der Waals surface area contributed by atoms with Crippen molar-refractivity contribution in [1.29, 1.82) is 0 Å². The number of nitrogens with one attached hydrogen (secondary N) is 2. The summed E-state index contributed by atoms with van der Waals surface area (Å²) in [6.45, 7) is 1.53. The standard InChI is InChI=1S/C22H28N8O2S/c1-23-33(31,32)19-9-10-21(25-16-6-3-2-4-7-16)20(12-19)22-26-28-30(27-22)18-14-29(15-18)17-8-5-11-24-13-17/h5,8-13,16,18,23,25H,2-4,6-7,14-15H2,1H3. The van der Waals surface area contributed by atoms with Gasteiger partial charge in [0.05, 0.1) is 16.8 Å². The summed E-state index contributed by atoms with van der Waals surface area (Å²) in [4.78, 5) is 8.18. The molecule has 2 aromatic heterocycles. The lowest BCUT2D eigenvalue weighted by Crippen LogP contribution is -2.48. The molecule has 0 atom stereocenters. The third kappa shape index (κ3) is 4.55. The molecule has 2 fully saturated rings. The summed E-state index contributed by atoms with van der Waals surface area (Å²) in [7, 11) is -2.19. The highest BCUT2D eigenvalue weighted by Crippen LogP contribution is 2.32. The molecule has 1 aromatic carbocycles. The number of hydrogen-bond donors (Lipinski definition) is 2. The van der Waals surface area contributed by atoms with Gasteiger partial charge in [0.1, 0.15) is 6.04 Å². The van der Waals surface area contributed by atoms with Gasteiger partial charge in [0.25, 0.3) is 0 Å². The third-order valence-electron chi connectivity index (χ3n) is 6.40. The number of sulfonamides is 1. The van der Waals surface area contributed by atoms with Gasteiger partial charge in [-0.1, -0.05) is 19.3 Å². The average Bonchev–Trinajstić information content (AvgIpc) is 3.29. The Kier molecular flexibility index (Phi) is 5.98. The van der Waals surface area contributed by atoms with Crippen molar-refractivity contribution in [2.75, 3.05) is 30.4 Å². The third-order valence-corrected chi connectivity index (χ3v) is 7.82. The Morgan fingerprint density at radius 3 is 2.64 bits per heavy atom. The molecule has 2 aliphatic rings. The minimum absolute atomic E-state index is 0.102. The molecule has 2 N–H and O–H groups in total. The number of tetrazole rings is 1. The van der Waals surface area contributed by atoms with Crippen LogP contribution in [0.1, 0.15) is 38.1 Å². The van der Waals surface area contributed by atoms with E-state index in [9.17, 15) is 8.42 Å². The molecule has 174 valence electrons. The van der Waals surface area contributed by atoms with Gasteiger partial charge in [-0.15, -0.1) is 10.2 Å². The molecular weight excluding hydrogens is 440 g/mol. The van der Waals surface area contributed by atoms with E-state index in [0.29, 0.717) is 17.4 Å². The monoisotopic (exact) mass is 468 g/mol. The first-order valence-corrected chi connectivity index (χ1v) is 12.8. The van der Waals surface area contributed by atoms with Crippen LogP contribution in [0.15, 0.2) is 47.6 Å². The second-order valence-corrected chi connectivity index (χ2v) is 10.5. The smallest absolute Gasteiger partial charge is 0.240 e. The fourth-order valence-corrected chi connectivity index (χ4v) is 5.18. The summed E-state index contributed by atoms with van der Waals surface area (Å²) in [5, 5.41) is 16.8. The Labute approximate surface area is 193 Å². The Bertz CT molecular complexity index is 1200. The van der Waals surface area contributed by atoms with Gasteiger partial charge >= 0.3 is 0 Å². The van der Waals surface area contributed by atoms with Crippen LogP contribution in [0.4, 0.5) is 11.4 Å². The number of aromatic nitrogens is 5. The minimum Gasteiger partial charge on any atom is -0.382 e. The molecule has 1 aliphatic carbocycles. The number of benzene rings is 1. The van der Waals surface area contributed by atoms with E-state index in [1.165, 1.54) is 26.3 Å². The van der Waals surface area contributed by atoms with Crippen molar-refractivity contribution in [3.8, 4) is 11.4 Å². The first-order chi connectivity index (χ1) is 16.0. The Morgan fingerprint density at radius 1 is 1.09 bits per heavy atom. The highest BCUT2D eigenvalue weighted by atomic mass is 32.2. The summed E-state index contributed by atoms with van der Waals surface area (Å²) in [6, 6.07) is 9.46. The molecule has 0 unspecified atom stereocenters. The molecule has 1 aliphatic heterocycles. The fraction of sp³-hybridized carbons (Fsp3) is 0.455. The molecule has 3 aromatic rings. The molecule has 11 heteroatoms. The first kappa shape index (κ1) is 21.8. The van der Waals surface area contributed by atoms with Gasteiger partial charge in [-0.25, -0.2) is 13.1 Å². The van der Waals surface area contributed by atoms with Crippen molar-refractivity contribution >= 4 is 21.4 Å². The summed E-state index contributed by atoms with van der Waals surface area (Å²) in [5.41, 5.74) is 2.55. The van der Waals surface area contributed by atoms with Crippen LogP contribution in [-0.4, -0.2) is 59.8 Å². The maximum Gasteiger partial charge on any atom is 0.240 e. The van der Waals surface area contributed by atoms with Crippen LogP contribution >= 0.6 is 0 Å². The average molecular weight is 469 g/mol. The van der Waals surface area contributed by atoms with E-state index in [1.54, 1.807) is 23.1 Å². The highest BCUT2D eigenvalue weighted by Gasteiger charge is 2.31. The van der Waals surface area contributed by atoms with Gasteiger partial charge in [-0.2, -0.15) is 4.80 Å². The normalized spacial score (nSPS) is 17.7. The van der Waals surface area contributed by atoms with Crippen LogP contribution < -0.4 is 14.9 Å². The van der Waals surface area contributed by atoms with Gasteiger partial charge in [-0.3, -0.25) is 4.98 Å². The van der Waals surface area contributed by atoms with E-state index < -0.39 is 10.0 Å². The van der Waals surface area contributed by atoms with E-state index in [-0.39, 0.29) is 10.9 Å². The molecule has 0 bridgehead atoms. The van der Waals surface area contributed by atoms with Crippen molar-refractivity contribution in [2.45, 2.75) is 49.1 Å². The van der Waals surface area contributed by atoms with E-state index >= 15 is 0 Å². The second kappa shape index (κ2) is 9.06. The number of anilines is 2. The SMILES string of the molecule is CNS(=O)(=O)c1ccc(NC2CCCCC2)c(-c2nnn(C3CN(c4cccnc4)C3)n2)c1. The molecule has 3 heterocycles. The van der Waals surface area contributed by atoms with Crippen LogP contribution in [0.25, 0.3) is 11.4 Å². The van der Waals surface area contributed by atoms with Crippen molar-refractivity contribution in [2.24, 2.45) is 0 Å². The molecule has 1 saturated heterocycles. The Balaban J connectivity index is 1.40. The maximum atomic E-state index is 12.4. The van der Waals surface area contributed by atoms with Crippen molar-refractivity contribution in [1.82, 2.24) is 29.9 Å². The summed E-state index contributed by atoms with van der Waals surface area (Å²) < 4.78 is 27.2. The molecule has 0 spiro atoms. The van der Waals surface area contributed by atoms with E-state index in [1.807, 2.05) is 24.4 Å².